The van der Waals surface area contributed by atoms with E-state index >= 15 is 0 Å². The van der Waals surface area contributed by atoms with Gasteiger partial charge in [-0.25, -0.2) is 4.98 Å². The van der Waals surface area contributed by atoms with Crippen LogP contribution < -0.4 is 10.2 Å². The molecule has 2 aliphatic rings. The Bertz CT molecular complexity index is 489. The van der Waals surface area contributed by atoms with Gasteiger partial charge in [0.25, 0.3) is 0 Å². The van der Waals surface area contributed by atoms with Gasteiger partial charge in [-0.2, -0.15) is 0 Å². The van der Waals surface area contributed by atoms with Gasteiger partial charge in [0.1, 0.15) is 5.82 Å². The van der Waals surface area contributed by atoms with E-state index in [1.807, 2.05) is 6.20 Å². The maximum atomic E-state index is 6.48. The maximum Gasteiger partial charge on any atom is 0.147 e. The fraction of sp³-hybridized carbons (Fsp3) is 0.688. The minimum absolute atomic E-state index is 0.591. The predicted molar refractivity (Wildman–Crippen MR) is 88.0 cm³/mol. The summed E-state index contributed by atoms with van der Waals surface area (Å²) in [5.74, 6) is 0.943. The van der Waals surface area contributed by atoms with Gasteiger partial charge in [0.05, 0.1) is 5.02 Å². The van der Waals surface area contributed by atoms with E-state index in [0.717, 1.165) is 43.4 Å². The highest BCUT2D eigenvalue weighted by molar-refractivity contribution is 6.33. The number of halogens is 1. The summed E-state index contributed by atoms with van der Waals surface area (Å²) in [7, 11) is 2.20. The number of aromatic nitrogens is 1. The number of hydrogen-bond acceptors (Lipinski definition) is 4. The smallest absolute Gasteiger partial charge is 0.147 e. The Morgan fingerprint density at radius 1 is 1.38 bits per heavy atom. The Labute approximate surface area is 132 Å². The molecule has 3 rings (SSSR count). The molecule has 1 unspecified atom stereocenters. The van der Waals surface area contributed by atoms with Crippen molar-refractivity contribution in [3.63, 3.8) is 0 Å². The molecule has 1 aromatic heterocycles. The van der Waals surface area contributed by atoms with Gasteiger partial charge in [-0.15, -0.1) is 0 Å². The first-order chi connectivity index (χ1) is 10.2. The van der Waals surface area contributed by atoms with E-state index in [-0.39, 0.29) is 0 Å². The molecule has 2 heterocycles. The lowest BCUT2D eigenvalue weighted by Crippen LogP contribution is -2.51. The Morgan fingerprint density at radius 2 is 2.19 bits per heavy atom. The number of rotatable bonds is 5. The van der Waals surface area contributed by atoms with Crippen molar-refractivity contribution >= 4 is 17.4 Å². The summed E-state index contributed by atoms with van der Waals surface area (Å²) in [6, 6.07) is 3.37. The highest BCUT2D eigenvalue weighted by Crippen LogP contribution is 2.27. The van der Waals surface area contributed by atoms with Gasteiger partial charge < -0.3 is 10.2 Å². The van der Waals surface area contributed by atoms with E-state index < -0.39 is 0 Å². The summed E-state index contributed by atoms with van der Waals surface area (Å²) in [6.07, 6.45) is 5.74. The van der Waals surface area contributed by atoms with Crippen LogP contribution in [-0.2, 0) is 6.54 Å². The molecule has 1 aliphatic carbocycles. The van der Waals surface area contributed by atoms with Crippen LogP contribution in [0.3, 0.4) is 0 Å². The van der Waals surface area contributed by atoms with Crippen molar-refractivity contribution in [2.24, 2.45) is 0 Å². The largest absolute Gasteiger partial charge is 0.353 e. The zero-order valence-corrected chi connectivity index (χ0v) is 13.7. The van der Waals surface area contributed by atoms with E-state index in [0.29, 0.717) is 12.1 Å². The molecule has 4 nitrogen and oxygen atoms in total. The van der Waals surface area contributed by atoms with Gasteiger partial charge in [0, 0.05) is 44.5 Å². The molecule has 21 heavy (non-hydrogen) atoms. The second-order valence-corrected chi connectivity index (χ2v) is 6.70. The van der Waals surface area contributed by atoms with Crippen molar-refractivity contribution in [1.82, 2.24) is 15.2 Å². The molecular weight excluding hydrogens is 284 g/mol. The molecule has 0 bridgehead atoms. The predicted octanol–water partition coefficient (Wildman–Crippen LogP) is 2.52. The standard InChI is InChI=1S/C16H25ClN4/c1-3-14-11-21(7-6-20(14)2)16-15(17)8-12(10-19-16)9-18-13-4-5-13/h8,10,13-14,18H,3-7,9,11H2,1-2H3. The molecule has 0 aromatic carbocycles. The van der Waals surface area contributed by atoms with Crippen molar-refractivity contribution in [1.29, 1.82) is 0 Å². The summed E-state index contributed by atoms with van der Waals surface area (Å²) in [4.78, 5) is 9.39. The third kappa shape index (κ3) is 3.68. The molecule has 5 heteroatoms. The number of pyridine rings is 1. The molecule has 1 aromatic rings. The second kappa shape index (κ2) is 6.51. The van der Waals surface area contributed by atoms with Crippen LogP contribution >= 0.6 is 11.6 Å². The first-order valence-electron chi connectivity index (χ1n) is 8.00. The minimum atomic E-state index is 0.591. The molecule has 116 valence electrons. The maximum absolute atomic E-state index is 6.48. The molecule has 1 saturated heterocycles. The SMILES string of the molecule is CCC1CN(c2ncc(CNC3CC3)cc2Cl)CCN1C. The van der Waals surface area contributed by atoms with Gasteiger partial charge >= 0.3 is 0 Å². The fourth-order valence-corrected chi connectivity index (χ4v) is 3.24. The van der Waals surface area contributed by atoms with Crippen LogP contribution in [0.5, 0.6) is 0 Å². The Kier molecular flexibility index (Phi) is 4.67. The van der Waals surface area contributed by atoms with E-state index in [1.54, 1.807) is 0 Å². The van der Waals surface area contributed by atoms with Crippen molar-refractivity contribution in [2.75, 3.05) is 31.6 Å². The van der Waals surface area contributed by atoms with Crippen LogP contribution in [0.2, 0.25) is 5.02 Å². The third-order valence-corrected chi connectivity index (χ3v) is 4.88. The van der Waals surface area contributed by atoms with E-state index in [9.17, 15) is 0 Å². The summed E-state index contributed by atoms with van der Waals surface area (Å²) in [6.45, 7) is 6.20. The third-order valence-electron chi connectivity index (χ3n) is 4.60. The highest BCUT2D eigenvalue weighted by Gasteiger charge is 2.25. The van der Waals surface area contributed by atoms with Crippen molar-refractivity contribution in [3.8, 4) is 0 Å². The molecule has 0 amide bonds. The Balaban J connectivity index is 1.66. The molecule has 1 saturated carbocycles. The molecule has 0 radical (unpaired) electrons. The quantitative estimate of drug-likeness (QED) is 0.906. The Morgan fingerprint density at radius 3 is 2.86 bits per heavy atom. The van der Waals surface area contributed by atoms with Crippen LogP contribution in [0.25, 0.3) is 0 Å². The number of nitrogens with zero attached hydrogens (tertiary/aromatic N) is 3. The van der Waals surface area contributed by atoms with Crippen molar-refractivity contribution in [2.45, 2.75) is 44.8 Å². The molecule has 1 N–H and O–H groups in total. The van der Waals surface area contributed by atoms with Gasteiger partial charge in [-0.3, -0.25) is 4.90 Å². The number of anilines is 1. The van der Waals surface area contributed by atoms with E-state index in [1.165, 1.54) is 18.4 Å². The zero-order valence-electron chi connectivity index (χ0n) is 13.0. The molecule has 0 spiro atoms. The second-order valence-electron chi connectivity index (χ2n) is 6.29. The highest BCUT2D eigenvalue weighted by atomic mass is 35.5. The average Bonchev–Trinajstić information content (AvgIpc) is 3.30. The number of piperazine rings is 1. The summed E-state index contributed by atoms with van der Waals surface area (Å²) in [5, 5.41) is 4.28. The fourth-order valence-electron chi connectivity index (χ4n) is 2.93. The summed E-state index contributed by atoms with van der Waals surface area (Å²) < 4.78 is 0. The van der Waals surface area contributed by atoms with Crippen LogP contribution in [0.1, 0.15) is 31.7 Å². The van der Waals surface area contributed by atoms with E-state index in [4.69, 9.17) is 11.6 Å². The molecule has 1 aliphatic heterocycles. The first-order valence-corrected chi connectivity index (χ1v) is 8.38. The number of hydrogen-bond donors (Lipinski definition) is 1. The zero-order chi connectivity index (χ0) is 14.8. The topological polar surface area (TPSA) is 31.4 Å². The van der Waals surface area contributed by atoms with Crippen LogP contribution in [0.4, 0.5) is 5.82 Å². The number of likely N-dealkylation sites (N-methyl/N-ethyl adjacent to an activating group) is 1. The van der Waals surface area contributed by atoms with Gasteiger partial charge in [-0.1, -0.05) is 18.5 Å². The summed E-state index contributed by atoms with van der Waals surface area (Å²) >= 11 is 6.48. The number of nitrogens with one attached hydrogen (secondary N) is 1. The lowest BCUT2D eigenvalue weighted by molar-refractivity contribution is 0.213. The van der Waals surface area contributed by atoms with Crippen LogP contribution in [0.15, 0.2) is 12.3 Å². The molecule has 2 fully saturated rings. The van der Waals surface area contributed by atoms with Crippen molar-refractivity contribution in [3.05, 3.63) is 22.8 Å². The van der Waals surface area contributed by atoms with Gasteiger partial charge in [-0.05, 0) is 37.9 Å². The summed E-state index contributed by atoms with van der Waals surface area (Å²) in [5.41, 5.74) is 1.18. The minimum Gasteiger partial charge on any atom is -0.353 e. The van der Waals surface area contributed by atoms with Gasteiger partial charge in [0.2, 0.25) is 0 Å². The molecule has 1 atom stereocenters. The van der Waals surface area contributed by atoms with Crippen molar-refractivity contribution < 1.29 is 0 Å². The van der Waals surface area contributed by atoms with Crippen LogP contribution in [0, 0.1) is 0 Å². The Hall–Kier alpha value is -0.840. The lowest BCUT2D eigenvalue weighted by Gasteiger charge is -2.40. The monoisotopic (exact) mass is 308 g/mol. The van der Waals surface area contributed by atoms with Crippen LogP contribution in [-0.4, -0.2) is 48.6 Å². The molecular formula is C16H25ClN4. The lowest BCUT2D eigenvalue weighted by atomic mass is 10.1. The van der Waals surface area contributed by atoms with E-state index in [2.05, 4.69) is 40.1 Å². The average molecular weight is 309 g/mol. The first kappa shape index (κ1) is 15.1. The van der Waals surface area contributed by atoms with Gasteiger partial charge in [0.15, 0.2) is 0 Å². The normalized spacial score (nSPS) is 23.6.